The number of benzene rings is 3. The largest absolute Gasteiger partial charge is 0.573 e. The first-order valence-corrected chi connectivity index (χ1v) is 12.8. The number of amidine groups is 1. The second-order valence-corrected chi connectivity index (χ2v) is 9.76. The standard InChI is InChI=1S/C27H21F3N6O3S/c1-16-11-17(2)13-21(12-16)36-23(37)14-40-26(36)33-25(38)32-19-5-3-18(4-6-19)24-31-15-35(34-24)20-7-9-22(10-8-20)39-27(28,29)30/h3-13,15H,14H2,1-2H3,(H,32,38). The molecule has 3 aromatic carbocycles. The van der Waals surface area contributed by atoms with Crippen LogP contribution in [0.15, 0.2) is 78.0 Å². The number of halogens is 3. The van der Waals surface area contributed by atoms with Crippen LogP contribution in [0.2, 0.25) is 0 Å². The number of urea groups is 1. The quantitative estimate of drug-likeness (QED) is 0.313. The summed E-state index contributed by atoms with van der Waals surface area (Å²) in [5.41, 5.74) is 4.28. The SMILES string of the molecule is Cc1cc(C)cc(N2C(=O)CSC2=NC(=O)Nc2ccc(-c3ncn(-c4ccc(OC(F)(F)F)cc4)n3)cc2)c1. The van der Waals surface area contributed by atoms with Crippen molar-refractivity contribution in [2.75, 3.05) is 16.0 Å². The number of aliphatic imine (C=N–C) groups is 1. The minimum Gasteiger partial charge on any atom is -0.406 e. The van der Waals surface area contributed by atoms with Crippen molar-refractivity contribution in [1.29, 1.82) is 0 Å². The molecule has 0 saturated carbocycles. The first-order valence-electron chi connectivity index (χ1n) is 11.9. The highest BCUT2D eigenvalue weighted by atomic mass is 32.2. The molecule has 0 unspecified atom stereocenters. The number of aromatic nitrogens is 3. The van der Waals surface area contributed by atoms with Gasteiger partial charge in [-0.2, -0.15) is 4.99 Å². The highest BCUT2D eigenvalue weighted by molar-refractivity contribution is 8.15. The fourth-order valence-corrected chi connectivity index (χ4v) is 4.91. The van der Waals surface area contributed by atoms with Crippen molar-refractivity contribution in [2.45, 2.75) is 20.2 Å². The van der Waals surface area contributed by atoms with Crippen molar-refractivity contribution >= 4 is 40.2 Å². The van der Waals surface area contributed by atoms with Crippen LogP contribution in [0.4, 0.5) is 29.3 Å². The van der Waals surface area contributed by atoms with Crippen LogP contribution in [0.1, 0.15) is 11.1 Å². The number of carbonyl (C=O) groups excluding carboxylic acids is 2. The predicted octanol–water partition coefficient (Wildman–Crippen LogP) is 6.12. The topological polar surface area (TPSA) is 102 Å². The van der Waals surface area contributed by atoms with E-state index in [1.807, 2.05) is 32.0 Å². The summed E-state index contributed by atoms with van der Waals surface area (Å²) in [6.45, 7) is 3.87. The molecule has 1 aliphatic heterocycles. The van der Waals surface area contributed by atoms with Crippen molar-refractivity contribution < 1.29 is 27.5 Å². The summed E-state index contributed by atoms with van der Waals surface area (Å²) in [5.74, 6) is 0.0800. The first kappa shape index (κ1) is 26.9. The maximum atomic E-state index is 12.7. The maximum Gasteiger partial charge on any atom is 0.573 e. The van der Waals surface area contributed by atoms with Crippen molar-refractivity contribution in [3.05, 3.63) is 84.2 Å². The highest BCUT2D eigenvalue weighted by Gasteiger charge is 2.31. The Morgan fingerprint density at radius 1 is 1.00 bits per heavy atom. The molecule has 1 saturated heterocycles. The van der Waals surface area contributed by atoms with Crippen molar-refractivity contribution in [3.8, 4) is 22.8 Å². The van der Waals surface area contributed by atoms with E-state index in [1.165, 1.54) is 51.9 Å². The van der Waals surface area contributed by atoms with E-state index in [2.05, 4.69) is 25.1 Å². The van der Waals surface area contributed by atoms with Gasteiger partial charge in [-0.15, -0.1) is 18.3 Å². The minimum atomic E-state index is -4.77. The molecule has 0 aliphatic carbocycles. The van der Waals surface area contributed by atoms with Crippen LogP contribution in [-0.4, -0.2) is 44.0 Å². The van der Waals surface area contributed by atoms with Gasteiger partial charge >= 0.3 is 12.4 Å². The summed E-state index contributed by atoms with van der Waals surface area (Å²) in [4.78, 5) is 35.0. The number of ether oxygens (including phenoxy) is 1. The number of rotatable bonds is 5. The second-order valence-electron chi connectivity index (χ2n) is 8.82. The molecular weight excluding hydrogens is 545 g/mol. The van der Waals surface area contributed by atoms with Gasteiger partial charge in [0.05, 0.1) is 17.1 Å². The normalized spacial score (nSPS) is 14.6. The molecule has 4 aromatic rings. The third kappa shape index (κ3) is 6.31. The van der Waals surface area contributed by atoms with Gasteiger partial charge in [0.25, 0.3) is 0 Å². The lowest BCUT2D eigenvalue weighted by molar-refractivity contribution is -0.274. The number of thioether (sulfide) groups is 1. The van der Waals surface area contributed by atoms with Gasteiger partial charge in [0.2, 0.25) is 5.91 Å². The second kappa shape index (κ2) is 10.8. The number of alkyl halides is 3. The zero-order valence-corrected chi connectivity index (χ0v) is 22.0. The van der Waals surface area contributed by atoms with Crippen molar-refractivity contribution in [2.24, 2.45) is 4.99 Å². The molecule has 0 bridgehead atoms. The van der Waals surface area contributed by atoms with Gasteiger partial charge in [0.15, 0.2) is 11.0 Å². The van der Waals surface area contributed by atoms with Gasteiger partial charge in [-0.05, 0) is 85.6 Å². The number of amides is 3. The first-order chi connectivity index (χ1) is 19.0. The van der Waals surface area contributed by atoms with E-state index in [-0.39, 0.29) is 17.4 Å². The van der Waals surface area contributed by atoms with Crippen LogP contribution < -0.4 is 15.0 Å². The average Bonchev–Trinajstić information content (AvgIpc) is 3.50. The summed E-state index contributed by atoms with van der Waals surface area (Å²) in [6, 6.07) is 17.1. The van der Waals surface area contributed by atoms with E-state index >= 15 is 0 Å². The molecule has 5 rings (SSSR count). The Morgan fingerprint density at radius 3 is 2.33 bits per heavy atom. The lowest BCUT2D eigenvalue weighted by Crippen LogP contribution is -2.30. The number of anilines is 2. The van der Waals surface area contributed by atoms with Crippen LogP contribution >= 0.6 is 11.8 Å². The van der Waals surface area contributed by atoms with E-state index in [4.69, 9.17) is 0 Å². The lowest BCUT2D eigenvalue weighted by Gasteiger charge is -2.17. The Labute approximate surface area is 230 Å². The highest BCUT2D eigenvalue weighted by Crippen LogP contribution is 2.29. The van der Waals surface area contributed by atoms with Crippen molar-refractivity contribution in [3.63, 3.8) is 0 Å². The van der Waals surface area contributed by atoms with Gasteiger partial charge in [-0.25, -0.2) is 14.5 Å². The Hall–Kier alpha value is -4.65. The van der Waals surface area contributed by atoms with Gasteiger partial charge in [0.1, 0.15) is 12.1 Å². The predicted molar refractivity (Wildman–Crippen MR) is 146 cm³/mol. The molecule has 40 heavy (non-hydrogen) atoms. The van der Waals surface area contributed by atoms with Crippen LogP contribution in [-0.2, 0) is 4.79 Å². The van der Waals surface area contributed by atoms with Crippen molar-refractivity contribution in [1.82, 2.24) is 14.8 Å². The van der Waals surface area contributed by atoms with E-state index in [0.29, 0.717) is 33.6 Å². The Morgan fingerprint density at radius 2 is 1.68 bits per heavy atom. The molecule has 13 heteroatoms. The van der Waals surface area contributed by atoms with E-state index in [1.54, 1.807) is 24.3 Å². The number of hydrogen-bond donors (Lipinski definition) is 1. The fourth-order valence-electron chi connectivity index (χ4n) is 4.04. The minimum absolute atomic E-state index is 0.150. The molecule has 0 atom stereocenters. The van der Waals surface area contributed by atoms with Gasteiger partial charge in [-0.1, -0.05) is 17.8 Å². The van der Waals surface area contributed by atoms with Crippen LogP contribution in [0.3, 0.4) is 0 Å². The number of hydrogen-bond acceptors (Lipinski definition) is 6. The van der Waals surface area contributed by atoms with Crippen LogP contribution in [0.25, 0.3) is 17.1 Å². The number of nitrogens with zero attached hydrogens (tertiary/aromatic N) is 5. The third-order valence-electron chi connectivity index (χ3n) is 5.65. The molecular formula is C27H21F3N6O3S. The van der Waals surface area contributed by atoms with Crippen LogP contribution in [0, 0.1) is 13.8 Å². The molecule has 1 fully saturated rings. The van der Waals surface area contributed by atoms with Crippen LogP contribution in [0.5, 0.6) is 5.75 Å². The smallest absolute Gasteiger partial charge is 0.406 e. The maximum absolute atomic E-state index is 12.7. The molecule has 1 aliphatic rings. The van der Waals surface area contributed by atoms with E-state index in [0.717, 1.165) is 11.1 Å². The third-order valence-corrected chi connectivity index (χ3v) is 6.57. The van der Waals surface area contributed by atoms with E-state index in [9.17, 15) is 22.8 Å². The van der Waals surface area contributed by atoms with Gasteiger partial charge < -0.3 is 10.1 Å². The Balaban J connectivity index is 1.25. The van der Waals surface area contributed by atoms with Gasteiger partial charge in [-0.3, -0.25) is 9.69 Å². The monoisotopic (exact) mass is 566 g/mol. The van der Waals surface area contributed by atoms with E-state index < -0.39 is 12.4 Å². The fraction of sp³-hybridized carbons (Fsp3) is 0.148. The summed E-state index contributed by atoms with van der Waals surface area (Å²) in [7, 11) is 0. The molecule has 0 radical (unpaired) electrons. The molecule has 204 valence electrons. The Bertz CT molecular complexity index is 1580. The molecule has 9 nitrogen and oxygen atoms in total. The number of aryl methyl sites for hydroxylation is 2. The summed E-state index contributed by atoms with van der Waals surface area (Å²) < 4.78 is 42.4. The number of carbonyl (C=O) groups is 2. The molecule has 3 amide bonds. The lowest BCUT2D eigenvalue weighted by atomic mass is 10.1. The molecule has 2 heterocycles. The zero-order chi connectivity index (χ0) is 28.4. The zero-order valence-electron chi connectivity index (χ0n) is 21.1. The number of nitrogens with one attached hydrogen (secondary N) is 1. The molecule has 1 aromatic heterocycles. The molecule has 0 spiro atoms. The summed E-state index contributed by atoms with van der Waals surface area (Å²) >= 11 is 1.20. The Kier molecular flexibility index (Phi) is 7.30. The summed E-state index contributed by atoms with van der Waals surface area (Å²) in [5, 5.41) is 7.36. The van der Waals surface area contributed by atoms with Gasteiger partial charge in [0, 0.05) is 11.3 Å². The molecule has 1 N–H and O–H groups in total. The average molecular weight is 567 g/mol. The summed E-state index contributed by atoms with van der Waals surface area (Å²) in [6.07, 6.45) is -3.33.